The zero-order valence-electron chi connectivity index (χ0n) is 16.8. The van der Waals surface area contributed by atoms with Gasteiger partial charge < -0.3 is 15.1 Å². The van der Waals surface area contributed by atoms with Crippen LogP contribution in [0.15, 0.2) is 60.7 Å². The highest BCUT2D eigenvalue weighted by Crippen LogP contribution is 2.33. The molecular weight excluding hydrogens is 405 g/mol. The first-order valence-electron chi connectivity index (χ1n) is 10.2. The molecule has 0 aliphatic carbocycles. The Morgan fingerprint density at radius 1 is 1.03 bits per heavy atom. The quantitative estimate of drug-likeness (QED) is 0.616. The SMILES string of the molecule is OC[C@@H](O)c1cccc(-c2ccc3c(c2)CCCN3Cc2ccc(C(F)(F)F)cc2)n1. The van der Waals surface area contributed by atoms with E-state index in [9.17, 15) is 18.3 Å². The Morgan fingerprint density at radius 2 is 1.81 bits per heavy atom. The van der Waals surface area contributed by atoms with Crippen LogP contribution < -0.4 is 4.90 Å². The average Bonchev–Trinajstić information content (AvgIpc) is 2.78. The van der Waals surface area contributed by atoms with Gasteiger partial charge >= 0.3 is 6.18 Å². The molecule has 0 saturated carbocycles. The minimum Gasteiger partial charge on any atom is -0.393 e. The van der Waals surface area contributed by atoms with Crippen molar-refractivity contribution in [1.29, 1.82) is 0 Å². The van der Waals surface area contributed by atoms with Crippen molar-refractivity contribution in [2.45, 2.75) is 31.7 Å². The van der Waals surface area contributed by atoms with Gasteiger partial charge in [0.25, 0.3) is 0 Å². The number of nitrogens with zero attached hydrogens (tertiary/aromatic N) is 2. The summed E-state index contributed by atoms with van der Waals surface area (Å²) in [7, 11) is 0. The molecule has 162 valence electrons. The van der Waals surface area contributed by atoms with Crippen molar-refractivity contribution in [2.24, 2.45) is 0 Å². The van der Waals surface area contributed by atoms with Gasteiger partial charge in [-0.3, -0.25) is 0 Å². The molecule has 0 unspecified atom stereocenters. The summed E-state index contributed by atoms with van der Waals surface area (Å²) < 4.78 is 38.4. The second-order valence-electron chi connectivity index (χ2n) is 7.71. The number of aromatic nitrogens is 1. The molecular formula is C24H23F3N2O2. The fourth-order valence-electron chi connectivity index (χ4n) is 3.91. The summed E-state index contributed by atoms with van der Waals surface area (Å²) in [4.78, 5) is 6.65. The summed E-state index contributed by atoms with van der Waals surface area (Å²) in [6, 6.07) is 16.7. The smallest absolute Gasteiger partial charge is 0.393 e. The number of hydrogen-bond donors (Lipinski definition) is 2. The van der Waals surface area contributed by atoms with Gasteiger partial charge in [0.2, 0.25) is 0 Å². The average molecular weight is 428 g/mol. The maximum absolute atomic E-state index is 12.8. The highest BCUT2D eigenvalue weighted by molar-refractivity contribution is 5.67. The molecule has 1 aliphatic heterocycles. The predicted molar refractivity (Wildman–Crippen MR) is 113 cm³/mol. The van der Waals surface area contributed by atoms with Gasteiger partial charge in [-0.2, -0.15) is 13.2 Å². The standard InChI is InChI=1S/C24H23F3N2O2/c25-24(26,27)19-9-6-16(7-10-19)14-29-12-2-3-18-13-17(8-11-22(18)29)20-4-1-5-21(28-20)23(31)15-30/h1,4-11,13,23,30-31H,2-3,12,14-15H2/t23-/m1/s1. The van der Waals surface area contributed by atoms with Crippen LogP contribution in [0.5, 0.6) is 0 Å². The van der Waals surface area contributed by atoms with Crippen molar-refractivity contribution >= 4 is 5.69 Å². The monoisotopic (exact) mass is 428 g/mol. The van der Waals surface area contributed by atoms with Crippen LogP contribution in [0.1, 0.15) is 34.9 Å². The number of alkyl halides is 3. The highest BCUT2D eigenvalue weighted by Gasteiger charge is 2.30. The fourth-order valence-corrected chi connectivity index (χ4v) is 3.91. The molecule has 4 rings (SSSR count). The largest absolute Gasteiger partial charge is 0.416 e. The summed E-state index contributed by atoms with van der Waals surface area (Å²) in [5.74, 6) is 0. The van der Waals surface area contributed by atoms with Crippen LogP contribution in [0.2, 0.25) is 0 Å². The first-order valence-corrected chi connectivity index (χ1v) is 10.2. The number of hydrogen-bond acceptors (Lipinski definition) is 4. The molecule has 31 heavy (non-hydrogen) atoms. The number of rotatable bonds is 5. The van der Waals surface area contributed by atoms with E-state index < -0.39 is 17.8 Å². The molecule has 4 nitrogen and oxygen atoms in total. The summed E-state index contributed by atoms with van der Waals surface area (Å²) >= 11 is 0. The molecule has 2 N–H and O–H groups in total. The van der Waals surface area contributed by atoms with E-state index in [1.807, 2.05) is 18.2 Å². The molecule has 1 atom stereocenters. The minimum absolute atomic E-state index is 0.389. The first-order chi connectivity index (χ1) is 14.8. The fraction of sp³-hybridized carbons (Fsp3) is 0.292. The van der Waals surface area contributed by atoms with Crippen LogP contribution in [0, 0.1) is 0 Å². The molecule has 1 aromatic heterocycles. The third-order valence-corrected chi connectivity index (χ3v) is 5.53. The van der Waals surface area contributed by atoms with E-state index in [2.05, 4.69) is 16.0 Å². The molecule has 3 aromatic rings. The van der Waals surface area contributed by atoms with Gasteiger partial charge in [-0.25, -0.2) is 4.98 Å². The van der Waals surface area contributed by atoms with Gasteiger partial charge in [0.15, 0.2) is 0 Å². The number of halogens is 3. The number of fused-ring (bicyclic) bond motifs is 1. The molecule has 0 spiro atoms. The third-order valence-electron chi connectivity index (χ3n) is 5.53. The number of pyridine rings is 1. The van der Waals surface area contributed by atoms with Gasteiger partial charge in [-0.15, -0.1) is 0 Å². The van der Waals surface area contributed by atoms with E-state index in [4.69, 9.17) is 5.11 Å². The maximum atomic E-state index is 12.8. The molecule has 0 radical (unpaired) electrons. The summed E-state index contributed by atoms with van der Waals surface area (Å²) in [6.07, 6.45) is -3.48. The molecule has 7 heteroatoms. The number of anilines is 1. The Balaban J connectivity index is 1.56. The van der Waals surface area contributed by atoms with E-state index >= 15 is 0 Å². The van der Waals surface area contributed by atoms with Crippen LogP contribution in [-0.4, -0.2) is 28.3 Å². The van der Waals surface area contributed by atoms with Crippen molar-refractivity contribution in [2.75, 3.05) is 18.1 Å². The van der Waals surface area contributed by atoms with Crippen LogP contribution in [0.4, 0.5) is 18.9 Å². The minimum atomic E-state index is -4.33. The lowest BCUT2D eigenvalue weighted by atomic mass is 9.97. The second kappa shape index (κ2) is 8.69. The molecule has 1 aliphatic rings. The Morgan fingerprint density at radius 3 is 2.52 bits per heavy atom. The van der Waals surface area contributed by atoms with E-state index in [0.717, 1.165) is 53.9 Å². The topological polar surface area (TPSA) is 56.6 Å². The number of aryl methyl sites for hydroxylation is 1. The predicted octanol–water partition coefficient (Wildman–Crippen LogP) is 4.75. The Labute approximate surface area is 178 Å². The van der Waals surface area contributed by atoms with E-state index in [1.165, 1.54) is 12.1 Å². The molecule has 2 aromatic carbocycles. The lowest BCUT2D eigenvalue weighted by Gasteiger charge is -2.32. The van der Waals surface area contributed by atoms with Crippen molar-refractivity contribution in [3.63, 3.8) is 0 Å². The van der Waals surface area contributed by atoms with Gasteiger partial charge in [0.1, 0.15) is 6.10 Å². The number of benzene rings is 2. The van der Waals surface area contributed by atoms with Crippen LogP contribution in [0.3, 0.4) is 0 Å². The Kier molecular flexibility index (Phi) is 5.98. The molecule has 0 bridgehead atoms. The Bertz CT molecular complexity index is 1050. The lowest BCUT2D eigenvalue weighted by molar-refractivity contribution is -0.137. The van der Waals surface area contributed by atoms with Crippen LogP contribution in [0.25, 0.3) is 11.3 Å². The number of aliphatic hydroxyl groups excluding tert-OH is 2. The zero-order valence-corrected chi connectivity index (χ0v) is 16.8. The molecule has 0 saturated heterocycles. The summed E-state index contributed by atoms with van der Waals surface area (Å²) in [5.41, 5.74) is 4.47. The molecule has 2 heterocycles. The van der Waals surface area contributed by atoms with Gasteiger partial charge in [0.05, 0.1) is 23.6 Å². The molecule has 0 fully saturated rings. The van der Waals surface area contributed by atoms with E-state index in [-0.39, 0.29) is 6.61 Å². The highest BCUT2D eigenvalue weighted by atomic mass is 19.4. The van der Waals surface area contributed by atoms with Gasteiger partial charge in [-0.05, 0) is 60.4 Å². The third kappa shape index (κ3) is 4.73. The summed E-state index contributed by atoms with van der Waals surface area (Å²) in [6.45, 7) is 0.990. The maximum Gasteiger partial charge on any atom is 0.416 e. The summed E-state index contributed by atoms with van der Waals surface area (Å²) in [5, 5.41) is 19.0. The van der Waals surface area contributed by atoms with Gasteiger partial charge in [0, 0.05) is 24.3 Å². The van der Waals surface area contributed by atoms with Crippen molar-refractivity contribution in [1.82, 2.24) is 4.98 Å². The van der Waals surface area contributed by atoms with Crippen LogP contribution >= 0.6 is 0 Å². The number of aliphatic hydroxyl groups is 2. The molecule has 0 amide bonds. The van der Waals surface area contributed by atoms with Crippen LogP contribution in [-0.2, 0) is 19.1 Å². The second-order valence-corrected chi connectivity index (χ2v) is 7.71. The van der Waals surface area contributed by atoms with E-state index in [1.54, 1.807) is 12.1 Å². The van der Waals surface area contributed by atoms with Crippen molar-refractivity contribution in [3.05, 3.63) is 83.0 Å². The van der Waals surface area contributed by atoms with Crippen molar-refractivity contribution < 1.29 is 23.4 Å². The van der Waals surface area contributed by atoms with Crippen molar-refractivity contribution in [3.8, 4) is 11.3 Å². The zero-order chi connectivity index (χ0) is 22.0. The Hall–Kier alpha value is -2.90. The first kappa shape index (κ1) is 21.3. The lowest BCUT2D eigenvalue weighted by Crippen LogP contribution is -2.28. The van der Waals surface area contributed by atoms with Gasteiger partial charge in [-0.1, -0.05) is 24.3 Å². The normalized spacial score (nSPS) is 14.9. The van der Waals surface area contributed by atoms with E-state index in [0.29, 0.717) is 17.9 Å².